The van der Waals surface area contributed by atoms with Crippen LogP contribution in [-0.4, -0.2) is 61.5 Å². The summed E-state index contributed by atoms with van der Waals surface area (Å²) in [5, 5.41) is 5.28. The highest BCUT2D eigenvalue weighted by molar-refractivity contribution is 8.00. The minimum absolute atomic E-state index is 0.0312. The van der Waals surface area contributed by atoms with Gasteiger partial charge in [-0.15, -0.1) is 11.8 Å². The maximum absolute atomic E-state index is 12.6. The first-order valence-corrected chi connectivity index (χ1v) is 12.5. The quantitative estimate of drug-likeness (QED) is 0.650. The van der Waals surface area contributed by atoms with Crippen LogP contribution in [0, 0.1) is 0 Å². The van der Waals surface area contributed by atoms with Gasteiger partial charge >= 0.3 is 0 Å². The molecular formula is C20H23ClN2O4S2. The van der Waals surface area contributed by atoms with E-state index < -0.39 is 9.84 Å². The van der Waals surface area contributed by atoms with Crippen LogP contribution in [-0.2, 0) is 19.4 Å². The minimum Gasteiger partial charge on any atom is -0.351 e. The molecule has 1 aliphatic rings. The predicted octanol–water partition coefficient (Wildman–Crippen LogP) is 2.74. The van der Waals surface area contributed by atoms with Crippen LogP contribution < -0.4 is 5.32 Å². The molecule has 2 amide bonds. The average molecular weight is 455 g/mol. The number of carbonyl (C=O) groups is 2. The number of hydrogen-bond donors (Lipinski definition) is 1. The molecular weight excluding hydrogens is 432 g/mol. The van der Waals surface area contributed by atoms with E-state index >= 15 is 0 Å². The van der Waals surface area contributed by atoms with Crippen molar-refractivity contribution in [1.29, 1.82) is 0 Å². The number of nitrogens with zero attached hydrogens (tertiary/aromatic N) is 1. The molecule has 2 aromatic carbocycles. The number of amides is 2. The van der Waals surface area contributed by atoms with Crippen LogP contribution in [0.5, 0.6) is 0 Å². The number of fused-ring (bicyclic) bond motifs is 1. The summed E-state index contributed by atoms with van der Waals surface area (Å²) in [6.45, 7) is 2.12. The van der Waals surface area contributed by atoms with Gasteiger partial charge in [0.05, 0.1) is 23.8 Å². The molecule has 1 saturated heterocycles. The van der Waals surface area contributed by atoms with Crippen LogP contribution >= 0.6 is 23.4 Å². The molecule has 1 aliphatic heterocycles. The van der Waals surface area contributed by atoms with Gasteiger partial charge in [0, 0.05) is 27.9 Å². The Kier molecular flexibility index (Phi) is 7.08. The fourth-order valence-electron chi connectivity index (χ4n) is 3.35. The van der Waals surface area contributed by atoms with Gasteiger partial charge in [-0.25, -0.2) is 8.42 Å². The van der Waals surface area contributed by atoms with Crippen molar-refractivity contribution < 1.29 is 18.0 Å². The van der Waals surface area contributed by atoms with Gasteiger partial charge in [-0.2, -0.15) is 0 Å². The molecule has 156 valence electrons. The van der Waals surface area contributed by atoms with Crippen molar-refractivity contribution in [2.75, 3.05) is 30.3 Å². The van der Waals surface area contributed by atoms with Gasteiger partial charge in [-0.1, -0.05) is 35.9 Å². The van der Waals surface area contributed by atoms with Crippen LogP contribution in [0.4, 0.5) is 0 Å². The van der Waals surface area contributed by atoms with Gasteiger partial charge in [-0.05, 0) is 30.9 Å². The molecule has 1 heterocycles. The SMILES string of the molecule is CCN(CC(=O)N[C@H]1CCS(=O)(=O)C1)C(=O)CSc1cccc2cccc(Cl)c12. The first-order valence-electron chi connectivity index (χ1n) is 9.36. The van der Waals surface area contributed by atoms with Gasteiger partial charge < -0.3 is 10.2 Å². The zero-order valence-electron chi connectivity index (χ0n) is 16.1. The summed E-state index contributed by atoms with van der Waals surface area (Å²) in [7, 11) is -3.06. The lowest BCUT2D eigenvalue weighted by molar-refractivity contribution is -0.134. The molecule has 3 rings (SSSR count). The number of hydrogen-bond acceptors (Lipinski definition) is 5. The molecule has 1 fully saturated rings. The van der Waals surface area contributed by atoms with Gasteiger partial charge in [0.1, 0.15) is 0 Å². The number of rotatable bonds is 7. The Morgan fingerprint density at radius 1 is 1.24 bits per heavy atom. The summed E-state index contributed by atoms with van der Waals surface area (Å²) < 4.78 is 23.0. The highest BCUT2D eigenvalue weighted by Gasteiger charge is 2.29. The van der Waals surface area contributed by atoms with Crippen molar-refractivity contribution in [2.24, 2.45) is 0 Å². The van der Waals surface area contributed by atoms with E-state index in [9.17, 15) is 18.0 Å². The number of thioether (sulfide) groups is 1. The third kappa shape index (κ3) is 5.65. The first-order chi connectivity index (χ1) is 13.8. The van der Waals surface area contributed by atoms with Crippen molar-refractivity contribution in [3.05, 3.63) is 41.4 Å². The normalized spacial score (nSPS) is 17.9. The number of carbonyl (C=O) groups excluding carboxylic acids is 2. The van der Waals surface area contributed by atoms with Crippen LogP contribution in [0.2, 0.25) is 5.02 Å². The smallest absolute Gasteiger partial charge is 0.239 e. The van der Waals surface area contributed by atoms with Crippen LogP contribution in [0.3, 0.4) is 0 Å². The molecule has 0 bridgehead atoms. The Morgan fingerprint density at radius 3 is 2.62 bits per heavy atom. The molecule has 0 aliphatic carbocycles. The van der Waals surface area contributed by atoms with E-state index in [0.717, 1.165) is 15.7 Å². The van der Waals surface area contributed by atoms with Crippen molar-refractivity contribution in [1.82, 2.24) is 10.2 Å². The minimum atomic E-state index is -3.06. The molecule has 6 nitrogen and oxygen atoms in total. The van der Waals surface area contributed by atoms with E-state index in [1.54, 1.807) is 0 Å². The third-order valence-corrected chi connectivity index (χ3v) is 7.96. The standard InChI is InChI=1S/C20H23ClN2O4S2/c1-2-23(11-18(24)22-15-9-10-29(26,27)13-15)19(25)12-28-17-8-4-6-14-5-3-7-16(21)20(14)17/h3-8,15H,2,9-13H2,1H3,(H,22,24)/t15-/m0/s1. The van der Waals surface area contributed by atoms with Crippen LogP contribution in [0.15, 0.2) is 41.3 Å². The van der Waals surface area contributed by atoms with Crippen LogP contribution in [0.25, 0.3) is 10.8 Å². The monoisotopic (exact) mass is 454 g/mol. The molecule has 0 saturated carbocycles. The number of sulfone groups is 1. The molecule has 0 spiro atoms. The van der Waals surface area contributed by atoms with E-state index in [1.807, 2.05) is 43.3 Å². The first kappa shape index (κ1) is 21.9. The highest BCUT2D eigenvalue weighted by Crippen LogP contribution is 2.33. The lowest BCUT2D eigenvalue weighted by Gasteiger charge is -2.21. The van der Waals surface area contributed by atoms with E-state index in [2.05, 4.69) is 5.32 Å². The number of benzene rings is 2. The maximum atomic E-state index is 12.6. The lowest BCUT2D eigenvalue weighted by atomic mass is 10.1. The van der Waals surface area contributed by atoms with Crippen molar-refractivity contribution >= 4 is 55.8 Å². The van der Waals surface area contributed by atoms with Crippen LogP contribution in [0.1, 0.15) is 13.3 Å². The van der Waals surface area contributed by atoms with E-state index in [-0.39, 0.29) is 41.7 Å². The summed E-state index contributed by atoms with van der Waals surface area (Å²) in [6, 6.07) is 11.1. The predicted molar refractivity (Wildman–Crippen MR) is 117 cm³/mol. The van der Waals surface area contributed by atoms with E-state index in [4.69, 9.17) is 11.6 Å². The van der Waals surface area contributed by atoms with Crippen molar-refractivity contribution in [3.63, 3.8) is 0 Å². The largest absolute Gasteiger partial charge is 0.351 e. The van der Waals surface area contributed by atoms with Gasteiger partial charge in [0.25, 0.3) is 0 Å². The Hall–Kier alpha value is -1.77. The van der Waals surface area contributed by atoms with Gasteiger partial charge in [0.2, 0.25) is 11.8 Å². The molecule has 1 N–H and O–H groups in total. The Morgan fingerprint density at radius 2 is 1.97 bits per heavy atom. The molecule has 0 radical (unpaired) electrons. The second-order valence-electron chi connectivity index (χ2n) is 6.96. The summed E-state index contributed by atoms with van der Waals surface area (Å²) in [4.78, 5) is 27.3. The maximum Gasteiger partial charge on any atom is 0.239 e. The second-order valence-corrected chi connectivity index (χ2v) is 10.6. The lowest BCUT2D eigenvalue weighted by Crippen LogP contribution is -2.45. The van der Waals surface area contributed by atoms with Crippen molar-refractivity contribution in [2.45, 2.75) is 24.3 Å². The molecule has 1 atom stereocenters. The zero-order valence-corrected chi connectivity index (χ0v) is 18.4. The second kappa shape index (κ2) is 9.36. The average Bonchev–Trinajstić information content (AvgIpc) is 3.02. The summed E-state index contributed by atoms with van der Waals surface area (Å²) >= 11 is 7.72. The third-order valence-electron chi connectivity index (χ3n) is 4.83. The van der Waals surface area contributed by atoms with Crippen molar-refractivity contribution in [3.8, 4) is 0 Å². The summed E-state index contributed by atoms with van der Waals surface area (Å²) in [5.41, 5.74) is 0. The topological polar surface area (TPSA) is 83.6 Å². The Labute approximate surface area is 179 Å². The fraction of sp³-hybridized carbons (Fsp3) is 0.400. The van der Waals surface area contributed by atoms with Gasteiger partial charge in [0.15, 0.2) is 9.84 Å². The summed E-state index contributed by atoms with van der Waals surface area (Å²) in [5.74, 6) is -0.241. The molecule has 2 aromatic rings. The Bertz CT molecular complexity index is 1020. The van der Waals surface area contributed by atoms with Gasteiger partial charge in [-0.3, -0.25) is 9.59 Å². The summed E-state index contributed by atoms with van der Waals surface area (Å²) in [6.07, 6.45) is 0.422. The fourth-order valence-corrected chi connectivity index (χ4v) is 6.37. The number of likely N-dealkylation sites (N-methyl/N-ethyl adjacent to an activating group) is 1. The molecule has 0 unspecified atom stereocenters. The number of nitrogens with one attached hydrogen (secondary N) is 1. The van der Waals surface area contributed by atoms with E-state index in [0.29, 0.717) is 18.0 Å². The molecule has 9 heteroatoms. The highest BCUT2D eigenvalue weighted by atomic mass is 35.5. The Balaban J connectivity index is 1.58. The van der Waals surface area contributed by atoms with E-state index in [1.165, 1.54) is 16.7 Å². The molecule has 29 heavy (non-hydrogen) atoms. The molecule has 0 aromatic heterocycles. The zero-order chi connectivity index (χ0) is 21.0. The number of halogens is 1.